The fourth-order valence-corrected chi connectivity index (χ4v) is 4.01. The van der Waals surface area contributed by atoms with Crippen LogP contribution in [0, 0.1) is 18.6 Å². The highest BCUT2D eigenvalue weighted by Gasteiger charge is 2.17. The molecule has 0 saturated heterocycles. The van der Waals surface area contributed by atoms with Crippen molar-refractivity contribution in [1.82, 2.24) is 9.55 Å². The van der Waals surface area contributed by atoms with E-state index in [4.69, 9.17) is 9.47 Å². The molecular weight excluding hydrogens is 492 g/mol. The minimum Gasteiger partial charge on any atom is -0.497 e. The van der Waals surface area contributed by atoms with Gasteiger partial charge in [0, 0.05) is 34.7 Å². The van der Waals surface area contributed by atoms with Crippen LogP contribution in [0.25, 0.3) is 16.6 Å². The summed E-state index contributed by atoms with van der Waals surface area (Å²) in [6, 6.07) is 19.2. The number of nitrogens with zero attached hydrogens (tertiary/aromatic N) is 2. The maximum Gasteiger partial charge on any atom is 0.268 e. The van der Waals surface area contributed by atoms with E-state index in [0.717, 1.165) is 6.07 Å². The van der Waals surface area contributed by atoms with E-state index in [0.29, 0.717) is 33.8 Å². The van der Waals surface area contributed by atoms with Gasteiger partial charge >= 0.3 is 0 Å². The summed E-state index contributed by atoms with van der Waals surface area (Å²) in [5, 5.41) is 3.19. The molecule has 0 aliphatic rings. The number of nitrogens with one attached hydrogen (secondary N) is 1. The highest BCUT2D eigenvalue weighted by Crippen LogP contribution is 2.33. The Hall–Kier alpha value is -5.05. The third-order valence-electron chi connectivity index (χ3n) is 5.93. The molecule has 0 aliphatic carbocycles. The number of aryl methyl sites for hydroxylation is 1. The SMILES string of the molecule is COc1ccc2nccc(Oc3ccc(NC(=O)c4ccc(C)n(-c5ccc(F)cc5)c4=O)cc3F)c2c1. The molecule has 0 bridgehead atoms. The molecule has 2 heterocycles. The van der Waals surface area contributed by atoms with Crippen molar-refractivity contribution in [2.75, 3.05) is 12.4 Å². The van der Waals surface area contributed by atoms with E-state index in [1.807, 2.05) is 0 Å². The van der Waals surface area contributed by atoms with Gasteiger partial charge in [-0.3, -0.25) is 19.1 Å². The second kappa shape index (κ2) is 10.1. The number of rotatable bonds is 6. The summed E-state index contributed by atoms with van der Waals surface area (Å²) in [6.07, 6.45) is 1.55. The van der Waals surface area contributed by atoms with Crippen molar-refractivity contribution in [3.8, 4) is 22.9 Å². The molecule has 0 spiro atoms. The molecule has 9 heteroatoms. The highest BCUT2D eigenvalue weighted by molar-refractivity contribution is 6.04. The van der Waals surface area contributed by atoms with E-state index in [1.165, 1.54) is 47.0 Å². The zero-order valence-corrected chi connectivity index (χ0v) is 20.4. The van der Waals surface area contributed by atoms with Crippen molar-refractivity contribution < 1.29 is 23.0 Å². The lowest BCUT2D eigenvalue weighted by Gasteiger charge is -2.13. The van der Waals surface area contributed by atoms with Crippen molar-refractivity contribution in [2.45, 2.75) is 6.92 Å². The zero-order valence-electron chi connectivity index (χ0n) is 20.4. The summed E-state index contributed by atoms with van der Waals surface area (Å²) >= 11 is 0. The number of halogens is 2. The predicted molar refractivity (Wildman–Crippen MR) is 139 cm³/mol. The number of methoxy groups -OCH3 is 1. The smallest absolute Gasteiger partial charge is 0.268 e. The largest absolute Gasteiger partial charge is 0.497 e. The van der Waals surface area contributed by atoms with Crippen LogP contribution in [-0.2, 0) is 0 Å². The monoisotopic (exact) mass is 513 g/mol. The maximum atomic E-state index is 15.0. The average molecular weight is 514 g/mol. The van der Waals surface area contributed by atoms with Crippen molar-refractivity contribution >= 4 is 22.5 Å². The molecule has 0 saturated carbocycles. The molecule has 0 unspecified atom stereocenters. The Morgan fingerprint density at radius 3 is 2.45 bits per heavy atom. The van der Waals surface area contributed by atoms with Crippen molar-refractivity contribution in [2.24, 2.45) is 0 Å². The molecule has 38 heavy (non-hydrogen) atoms. The standard InChI is InChI=1S/C29H21F2N3O4/c1-17-3-10-22(29(36)34(17)20-7-4-18(30)5-8-20)28(35)33-19-6-12-27(24(31)15-19)38-26-13-14-32-25-11-9-21(37-2)16-23(25)26/h3-16H,1-2H3,(H,33,35). The Kier molecular flexibility index (Phi) is 6.57. The third-order valence-corrected chi connectivity index (χ3v) is 5.93. The van der Waals surface area contributed by atoms with Crippen molar-refractivity contribution in [3.05, 3.63) is 118 Å². The lowest BCUT2D eigenvalue weighted by atomic mass is 10.2. The van der Waals surface area contributed by atoms with Crippen LogP contribution >= 0.6 is 0 Å². The lowest BCUT2D eigenvalue weighted by Crippen LogP contribution is -2.29. The molecule has 5 aromatic rings. The van der Waals surface area contributed by atoms with Crippen LogP contribution in [0.1, 0.15) is 16.1 Å². The predicted octanol–water partition coefficient (Wildman–Crippen LogP) is 6.03. The molecule has 1 amide bonds. The minimum atomic E-state index is -0.719. The van der Waals surface area contributed by atoms with Crippen LogP contribution in [0.5, 0.6) is 17.2 Å². The Bertz CT molecular complexity index is 1730. The molecule has 1 N–H and O–H groups in total. The van der Waals surface area contributed by atoms with Gasteiger partial charge in [-0.1, -0.05) is 0 Å². The van der Waals surface area contributed by atoms with Crippen LogP contribution in [0.4, 0.5) is 14.5 Å². The molecule has 0 radical (unpaired) electrons. The number of amides is 1. The normalized spacial score (nSPS) is 10.8. The number of benzene rings is 3. The minimum absolute atomic E-state index is 0.0627. The molecule has 3 aromatic carbocycles. The molecule has 0 aliphatic heterocycles. The summed E-state index contributed by atoms with van der Waals surface area (Å²) < 4.78 is 40.7. The first-order valence-corrected chi connectivity index (χ1v) is 11.5. The zero-order chi connectivity index (χ0) is 26.8. The van der Waals surface area contributed by atoms with E-state index in [9.17, 15) is 18.4 Å². The summed E-state index contributed by atoms with van der Waals surface area (Å²) in [5.74, 6) is -0.963. The number of fused-ring (bicyclic) bond motifs is 1. The maximum absolute atomic E-state index is 15.0. The quantitative estimate of drug-likeness (QED) is 0.300. The highest BCUT2D eigenvalue weighted by atomic mass is 19.1. The molecule has 190 valence electrons. The first kappa shape index (κ1) is 24.6. The topological polar surface area (TPSA) is 82.4 Å². The molecule has 0 fully saturated rings. The number of carbonyl (C=O) groups is 1. The number of anilines is 1. The fraction of sp³-hybridized carbons (Fsp3) is 0.0690. The van der Waals surface area contributed by atoms with Gasteiger partial charge in [0.25, 0.3) is 11.5 Å². The van der Waals surface area contributed by atoms with Gasteiger partial charge in [-0.2, -0.15) is 0 Å². The van der Waals surface area contributed by atoms with Gasteiger partial charge in [-0.25, -0.2) is 8.78 Å². The summed E-state index contributed by atoms with van der Waals surface area (Å²) in [7, 11) is 1.54. The molecule has 0 atom stereocenters. The lowest BCUT2D eigenvalue weighted by molar-refractivity contribution is 0.102. The van der Waals surface area contributed by atoms with Crippen molar-refractivity contribution in [1.29, 1.82) is 0 Å². The van der Waals surface area contributed by atoms with Gasteiger partial charge in [-0.15, -0.1) is 0 Å². The summed E-state index contributed by atoms with van der Waals surface area (Å²) in [4.78, 5) is 30.3. The van der Waals surface area contributed by atoms with Gasteiger partial charge in [0.15, 0.2) is 11.6 Å². The van der Waals surface area contributed by atoms with E-state index >= 15 is 0 Å². The number of hydrogen-bond donors (Lipinski definition) is 1. The first-order chi connectivity index (χ1) is 18.3. The van der Waals surface area contributed by atoms with Crippen molar-refractivity contribution in [3.63, 3.8) is 0 Å². The van der Waals surface area contributed by atoms with E-state index < -0.39 is 23.1 Å². The van der Waals surface area contributed by atoms with Gasteiger partial charge in [0.05, 0.1) is 12.6 Å². The molecule has 2 aromatic heterocycles. The van der Waals surface area contributed by atoms with Gasteiger partial charge in [-0.05, 0) is 79.7 Å². The van der Waals surface area contributed by atoms with Gasteiger partial charge < -0.3 is 14.8 Å². The van der Waals surface area contributed by atoms with E-state index in [2.05, 4.69) is 10.3 Å². The first-order valence-electron chi connectivity index (χ1n) is 11.5. The average Bonchev–Trinajstić information content (AvgIpc) is 2.91. The van der Waals surface area contributed by atoms with Crippen LogP contribution in [-0.4, -0.2) is 22.6 Å². The molecule has 5 rings (SSSR count). The Balaban J connectivity index is 1.39. The molecular formula is C29H21F2N3O4. The Morgan fingerprint density at radius 1 is 0.921 bits per heavy atom. The number of aromatic nitrogens is 2. The van der Waals surface area contributed by atoms with Crippen LogP contribution < -0.4 is 20.3 Å². The number of hydrogen-bond acceptors (Lipinski definition) is 5. The van der Waals surface area contributed by atoms with Gasteiger partial charge in [0.2, 0.25) is 0 Å². The second-order valence-electron chi connectivity index (χ2n) is 8.40. The number of pyridine rings is 2. The summed E-state index contributed by atoms with van der Waals surface area (Å²) in [6.45, 7) is 1.70. The van der Waals surface area contributed by atoms with E-state index in [-0.39, 0.29) is 17.0 Å². The number of ether oxygens (including phenoxy) is 2. The second-order valence-corrected chi connectivity index (χ2v) is 8.40. The third kappa shape index (κ3) is 4.81. The fourth-order valence-electron chi connectivity index (χ4n) is 4.01. The van der Waals surface area contributed by atoms with E-state index in [1.54, 1.807) is 50.6 Å². The van der Waals surface area contributed by atoms with Gasteiger partial charge in [0.1, 0.15) is 22.9 Å². The summed E-state index contributed by atoms with van der Waals surface area (Å²) in [5.41, 5.74) is 1.02. The number of carbonyl (C=O) groups excluding carboxylic acids is 1. The Labute approximate surface area is 215 Å². The molecule has 7 nitrogen and oxygen atoms in total. The van der Waals surface area contributed by atoms with Crippen LogP contribution in [0.3, 0.4) is 0 Å². The Morgan fingerprint density at radius 2 is 1.71 bits per heavy atom. The van der Waals surface area contributed by atoms with Crippen LogP contribution in [0.2, 0.25) is 0 Å². The van der Waals surface area contributed by atoms with Crippen LogP contribution in [0.15, 0.2) is 89.9 Å².